The summed E-state index contributed by atoms with van der Waals surface area (Å²) < 4.78 is 81.6. The molecule has 99 heavy (non-hydrogen) atoms. The van der Waals surface area contributed by atoms with E-state index in [1.165, 1.54) is 20.5 Å². The van der Waals surface area contributed by atoms with Crippen molar-refractivity contribution in [1.29, 1.82) is 0 Å². The van der Waals surface area contributed by atoms with Crippen LogP contribution in [0.15, 0.2) is 0 Å². The SMILES string of the molecule is CC(=O)N[C@@H]1C(OCC2OC(OP(C)P)[C@H](OC3OC(CO)[C@@H](OC4OC(CO[C@]5(C(=O)O)C[C@@H](O)[C@@H](C)C([C@H](O)[C@H](O)CO)O5)[C@H](O)[C@H](O)[C@@H]4O)[C@H](O)[C@@H]3NC(C)=O)[C@@H](O)[C@@H]2O)OC(CO)[C@@H](OC2OC(CO[C@]3(C(=O)O)C[C@@H](O)[C@@H](C)C([C@H](O)[C@H](O)CO)O3)[C@H](O)[C@H](O)[C@@H]2O)[C@@H]1O. The van der Waals surface area contributed by atoms with E-state index in [0.717, 1.165) is 13.8 Å². The average molecular weight is 1490 g/mol. The van der Waals surface area contributed by atoms with Crippen LogP contribution >= 0.6 is 16.8 Å². The van der Waals surface area contributed by atoms with Crippen molar-refractivity contribution in [3.8, 4) is 0 Å². The molecule has 7 heterocycles. The number of aliphatic carboxylic acids is 2. The van der Waals surface area contributed by atoms with Gasteiger partial charge in [0.05, 0.1) is 70.7 Å². The maximum atomic E-state index is 12.8. The molecule has 0 aromatic carbocycles. The average Bonchev–Trinajstić information content (AvgIpc) is 0.781. The number of rotatable bonds is 29. The molecule has 0 aromatic heterocycles. The number of nitrogens with one attached hydrogen (secondary N) is 2. The minimum absolute atomic E-state index is 0.805. The Kier molecular flexibility index (Phi) is 30.1. The Balaban J connectivity index is 1.03. The third-order valence-corrected chi connectivity index (χ3v) is 19.2. The van der Waals surface area contributed by atoms with Crippen LogP contribution in [0.4, 0.5) is 0 Å². The molecule has 42 nitrogen and oxygen atoms in total. The summed E-state index contributed by atoms with van der Waals surface area (Å²) in [4.78, 5) is 50.9. The van der Waals surface area contributed by atoms with Crippen molar-refractivity contribution >= 4 is 40.5 Å². The number of ether oxygens (including phenoxy) is 13. The molecular weight excluding hydrogens is 1390 g/mol. The molecule has 0 bridgehead atoms. The fourth-order valence-corrected chi connectivity index (χ4v) is 13.3. The zero-order valence-corrected chi connectivity index (χ0v) is 55.8. The van der Waals surface area contributed by atoms with Crippen molar-refractivity contribution in [3.63, 3.8) is 0 Å². The Bertz CT molecular complexity index is 2600. The van der Waals surface area contributed by atoms with Gasteiger partial charge in [-0.05, 0) is 6.66 Å². The lowest BCUT2D eigenvalue weighted by Crippen LogP contribution is -2.69. The summed E-state index contributed by atoms with van der Waals surface area (Å²) in [5.41, 5.74) is 0. The van der Waals surface area contributed by atoms with Gasteiger partial charge in [-0.2, -0.15) is 0 Å². The molecule has 0 saturated carbocycles. The van der Waals surface area contributed by atoms with Crippen molar-refractivity contribution in [1.82, 2.24) is 10.6 Å². The zero-order valence-electron chi connectivity index (χ0n) is 53.8. The van der Waals surface area contributed by atoms with Gasteiger partial charge >= 0.3 is 11.9 Å². The summed E-state index contributed by atoms with van der Waals surface area (Å²) in [6.07, 6.45) is -61.4. The molecule has 7 fully saturated rings. The monoisotopic (exact) mass is 1480 g/mol. The smallest absolute Gasteiger partial charge is 0.364 e. The largest absolute Gasteiger partial charge is 0.477 e. The van der Waals surface area contributed by atoms with Gasteiger partial charge in [-0.1, -0.05) is 22.8 Å². The topological polar surface area (TPSA) is 667 Å². The van der Waals surface area contributed by atoms with E-state index >= 15 is 0 Å². The molecule has 0 spiro atoms. The van der Waals surface area contributed by atoms with E-state index in [0.29, 0.717) is 0 Å². The van der Waals surface area contributed by atoms with E-state index in [9.17, 15) is 132 Å². The van der Waals surface area contributed by atoms with Crippen LogP contribution in [0.1, 0.15) is 40.5 Å². The van der Waals surface area contributed by atoms with Crippen LogP contribution in [0, 0.1) is 11.8 Å². The quantitative estimate of drug-likeness (QED) is 0.0309. The van der Waals surface area contributed by atoms with Crippen molar-refractivity contribution in [2.75, 3.05) is 52.9 Å². The van der Waals surface area contributed by atoms with Gasteiger partial charge in [-0.3, -0.25) is 9.59 Å². The van der Waals surface area contributed by atoms with Crippen LogP contribution in [0.5, 0.6) is 0 Å². The molecule has 7 aliphatic heterocycles. The van der Waals surface area contributed by atoms with Crippen molar-refractivity contribution in [3.05, 3.63) is 0 Å². The Hall–Kier alpha value is -2.62. The maximum absolute atomic E-state index is 12.8. The number of hydrogen-bond acceptors (Lipinski definition) is 38. The van der Waals surface area contributed by atoms with Crippen molar-refractivity contribution < 1.29 is 198 Å². The number of carbonyl (C=O) groups excluding carboxylic acids is 2. The Morgan fingerprint density at radius 2 is 0.838 bits per heavy atom. The second-order valence-corrected chi connectivity index (χ2v) is 28.9. The third-order valence-electron chi connectivity index (χ3n) is 18.3. The molecule has 0 aliphatic carbocycles. The summed E-state index contributed by atoms with van der Waals surface area (Å²) in [7, 11) is 0.721. The van der Waals surface area contributed by atoms with Gasteiger partial charge in [0.1, 0.15) is 146 Å². The highest BCUT2D eigenvalue weighted by atomic mass is 32.0. The first-order valence-electron chi connectivity index (χ1n) is 31.4. The highest BCUT2D eigenvalue weighted by Crippen LogP contribution is 2.46. The normalized spacial score (nSPS) is 46.1. The summed E-state index contributed by atoms with van der Waals surface area (Å²) in [6, 6.07) is -3.52. The van der Waals surface area contributed by atoms with E-state index in [-0.39, 0.29) is 0 Å². The molecule has 44 heteroatoms. The molecule has 7 rings (SSSR count). The third kappa shape index (κ3) is 18.8. The number of aliphatic hydroxyl groups is 20. The lowest BCUT2D eigenvalue weighted by atomic mass is 9.84. The molecule has 574 valence electrons. The predicted octanol–water partition coefficient (Wildman–Crippen LogP) is -13.2. The van der Waals surface area contributed by atoms with Gasteiger partial charge in [0.2, 0.25) is 11.8 Å². The fourth-order valence-electron chi connectivity index (χ4n) is 12.5. The van der Waals surface area contributed by atoms with Crippen LogP contribution in [0.2, 0.25) is 0 Å². The van der Waals surface area contributed by atoms with E-state index in [1.807, 2.05) is 0 Å². The van der Waals surface area contributed by atoms with Crippen LogP contribution < -0.4 is 10.6 Å². The Labute approximate surface area is 566 Å². The standard InChI is InChI=1S/C55H94N2O40P2/c1-15-19(64)6-54(52(80)81,95-42(15)30(68)21(66)8-58)85-13-26-32(70)37(75)40(78)49(89-26)92-44-23(10-60)87-47(28(35(44)73)56-17(3)62)84-12-25-34(72)39(77)46(51(91-25)97-99(5)98)94-48-29(57-18(4)63)36(74)45(24(11-61)88-48)93-50-41(79)38(76)33(71)27(90-50)14-86-55(53(82)83)7-20(65)16(2)43(96-55)31(69)22(67)9-59/h15-16,19-51,58-61,64-79H,6-14,98H2,1-5H3,(H,56,62)(H,57,63)(H,80,81)(H,82,83)/t15-,16-,19-,20-,21-,22-,23?,24?,25?,26?,27?,28+,29+,30-,31-,32+,33+,34-,35-,36-,37+,38+,39+,40+,41+,42?,43?,44-,45-,46-,47?,48?,49?,50?,51?,54-,55-,99?/m1/s1. The van der Waals surface area contributed by atoms with E-state index in [4.69, 9.17) is 66.1 Å². The lowest BCUT2D eigenvalue weighted by molar-refractivity contribution is -0.374. The van der Waals surface area contributed by atoms with Gasteiger partial charge in [0.25, 0.3) is 11.6 Å². The minimum Gasteiger partial charge on any atom is -0.477 e. The van der Waals surface area contributed by atoms with Gasteiger partial charge in [0.15, 0.2) is 31.5 Å². The van der Waals surface area contributed by atoms with Crippen molar-refractivity contribution in [2.45, 2.75) is 254 Å². The molecule has 14 unspecified atom stereocenters. The Morgan fingerprint density at radius 3 is 1.21 bits per heavy atom. The molecule has 7 aliphatic rings. The van der Waals surface area contributed by atoms with Gasteiger partial charge in [-0.15, -0.1) is 0 Å². The first-order valence-corrected chi connectivity index (χ1v) is 34.7. The van der Waals surface area contributed by atoms with Gasteiger partial charge in [0, 0.05) is 46.4 Å². The van der Waals surface area contributed by atoms with Crippen LogP contribution in [0.3, 0.4) is 0 Å². The minimum atomic E-state index is -2.84. The fraction of sp³-hybridized carbons (Fsp3) is 0.927. The van der Waals surface area contributed by atoms with Gasteiger partial charge in [-0.25, -0.2) is 9.59 Å². The number of hydrogen-bond donors (Lipinski definition) is 24. The summed E-state index contributed by atoms with van der Waals surface area (Å²) >= 11 is 0. The number of aliphatic hydroxyl groups excluding tert-OH is 20. The molecule has 7 saturated heterocycles. The number of amides is 2. The Morgan fingerprint density at radius 1 is 0.485 bits per heavy atom. The van der Waals surface area contributed by atoms with Crippen LogP contribution in [-0.4, -0.2) is 403 Å². The molecule has 0 aromatic rings. The van der Waals surface area contributed by atoms with Crippen LogP contribution in [-0.2, 0) is 85.3 Å². The van der Waals surface area contributed by atoms with E-state index in [2.05, 4.69) is 19.6 Å². The van der Waals surface area contributed by atoms with Crippen molar-refractivity contribution in [2.24, 2.45) is 11.8 Å². The second-order valence-electron chi connectivity index (χ2n) is 25.4. The number of carboxylic acid groups (broad SMARTS) is 2. The summed E-state index contributed by atoms with van der Waals surface area (Å²) in [5, 5.41) is 242. The van der Waals surface area contributed by atoms with Crippen LogP contribution in [0.25, 0.3) is 0 Å². The first kappa shape index (κ1) is 83.7. The van der Waals surface area contributed by atoms with E-state index in [1.54, 1.807) is 0 Å². The number of carbonyl (C=O) groups is 4. The predicted molar refractivity (Wildman–Crippen MR) is 317 cm³/mol. The first-order chi connectivity index (χ1) is 46.4. The zero-order chi connectivity index (χ0) is 73.8. The molecular formula is C55H94N2O40P2. The summed E-state index contributed by atoms with van der Waals surface area (Å²) in [6.45, 7) is -0.793. The molecule has 24 N–H and O–H groups in total. The summed E-state index contributed by atoms with van der Waals surface area (Å²) in [5.74, 6) is -13.2. The highest BCUT2D eigenvalue weighted by Gasteiger charge is 2.60. The molecule has 39 atom stereocenters. The highest BCUT2D eigenvalue weighted by molar-refractivity contribution is 8.10. The maximum Gasteiger partial charge on any atom is 0.364 e. The molecule has 2 amide bonds. The lowest BCUT2D eigenvalue weighted by Gasteiger charge is -2.50. The number of carboxylic acids is 2. The van der Waals surface area contributed by atoms with E-state index < -0.39 is 316 Å². The second kappa shape index (κ2) is 35.6. The van der Waals surface area contributed by atoms with Gasteiger partial charge < -0.3 is 189 Å². The molecule has 0 radical (unpaired) electrons.